The highest BCUT2D eigenvalue weighted by Gasteiger charge is 2.12. The molecule has 1 aromatic heterocycles. The Bertz CT molecular complexity index is 515. The van der Waals surface area contributed by atoms with Gasteiger partial charge in [-0.25, -0.2) is 0 Å². The van der Waals surface area contributed by atoms with Gasteiger partial charge in [-0.05, 0) is 37.6 Å². The number of carbonyl (C=O) groups is 1. The van der Waals surface area contributed by atoms with Crippen molar-refractivity contribution in [3.8, 4) is 11.3 Å². The van der Waals surface area contributed by atoms with E-state index in [1.165, 1.54) is 0 Å². The van der Waals surface area contributed by atoms with E-state index >= 15 is 0 Å². The van der Waals surface area contributed by atoms with E-state index in [4.69, 9.17) is 4.42 Å². The summed E-state index contributed by atoms with van der Waals surface area (Å²) in [6.45, 7) is 4.47. The van der Waals surface area contributed by atoms with Gasteiger partial charge in [-0.3, -0.25) is 4.79 Å². The third-order valence-electron chi connectivity index (χ3n) is 2.70. The Morgan fingerprint density at radius 1 is 1.29 bits per heavy atom. The van der Waals surface area contributed by atoms with Gasteiger partial charge < -0.3 is 9.73 Å². The molecule has 17 heavy (non-hydrogen) atoms. The quantitative estimate of drug-likeness (QED) is 0.879. The maximum Gasteiger partial charge on any atom is 0.251 e. The van der Waals surface area contributed by atoms with Crippen LogP contribution in [0.1, 0.15) is 22.8 Å². The highest BCUT2D eigenvalue weighted by atomic mass is 16.3. The Kier molecular flexibility index (Phi) is 3.28. The number of carbonyl (C=O) groups excluding carboxylic acids is 1. The summed E-state index contributed by atoms with van der Waals surface area (Å²) in [4.78, 5) is 11.8. The van der Waals surface area contributed by atoms with E-state index in [1.54, 1.807) is 6.26 Å². The van der Waals surface area contributed by atoms with Crippen LogP contribution in [-0.2, 0) is 0 Å². The van der Waals surface area contributed by atoms with Gasteiger partial charge in [0, 0.05) is 17.7 Å². The van der Waals surface area contributed by atoms with Gasteiger partial charge in [0.15, 0.2) is 0 Å². The van der Waals surface area contributed by atoms with Crippen LogP contribution in [0, 0.1) is 6.92 Å². The standard InChI is InChI=1S/C14H15NO2/c1-3-15-14(16)12-7-4-6-11(10(12)2)13-8-5-9-17-13/h4-9H,3H2,1-2H3,(H,15,16). The van der Waals surface area contributed by atoms with Gasteiger partial charge in [0.1, 0.15) is 5.76 Å². The average molecular weight is 229 g/mol. The number of hydrogen-bond acceptors (Lipinski definition) is 2. The molecule has 0 unspecified atom stereocenters. The van der Waals surface area contributed by atoms with Crippen LogP contribution >= 0.6 is 0 Å². The van der Waals surface area contributed by atoms with E-state index in [9.17, 15) is 4.79 Å². The molecule has 2 rings (SSSR count). The van der Waals surface area contributed by atoms with E-state index < -0.39 is 0 Å². The van der Waals surface area contributed by atoms with Gasteiger partial charge >= 0.3 is 0 Å². The molecule has 0 aliphatic rings. The molecule has 1 heterocycles. The lowest BCUT2D eigenvalue weighted by Gasteiger charge is -2.09. The zero-order valence-electron chi connectivity index (χ0n) is 9.99. The highest BCUT2D eigenvalue weighted by Crippen LogP contribution is 2.25. The molecule has 88 valence electrons. The maximum atomic E-state index is 11.8. The summed E-state index contributed by atoms with van der Waals surface area (Å²) in [5, 5.41) is 2.81. The Balaban J connectivity index is 2.44. The molecule has 0 aliphatic carbocycles. The summed E-state index contributed by atoms with van der Waals surface area (Å²) >= 11 is 0. The molecular weight excluding hydrogens is 214 g/mol. The number of hydrogen-bond donors (Lipinski definition) is 1. The van der Waals surface area contributed by atoms with Gasteiger partial charge in [0.05, 0.1) is 6.26 Å². The van der Waals surface area contributed by atoms with Crippen molar-refractivity contribution in [2.24, 2.45) is 0 Å². The van der Waals surface area contributed by atoms with E-state index in [0.29, 0.717) is 12.1 Å². The fraction of sp³-hybridized carbons (Fsp3) is 0.214. The predicted molar refractivity (Wildman–Crippen MR) is 66.9 cm³/mol. The number of benzene rings is 1. The zero-order valence-corrected chi connectivity index (χ0v) is 9.99. The number of amides is 1. The summed E-state index contributed by atoms with van der Waals surface area (Å²) in [5.74, 6) is 0.743. The largest absolute Gasteiger partial charge is 0.464 e. The monoisotopic (exact) mass is 229 g/mol. The predicted octanol–water partition coefficient (Wildman–Crippen LogP) is 3.00. The van der Waals surface area contributed by atoms with Gasteiger partial charge in [-0.1, -0.05) is 12.1 Å². The lowest BCUT2D eigenvalue weighted by molar-refractivity contribution is 0.0955. The van der Waals surface area contributed by atoms with Gasteiger partial charge in [0.25, 0.3) is 5.91 Å². The molecule has 2 aromatic rings. The molecule has 1 N–H and O–H groups in total. The topological polar surface area (TPSA) is 42.2 Å². The van der Waals surface area contributed by atoms with E-state index in [2.05, 4.69) is 5.32 Å². The summed E-state index contributed by atoms with van der Waals surface area (Å²) in [6, 6.07) is 9.39. The molecule has 0 bridgehead atoms. The van der Waals surface area contributed by atoms with Crippen LogP contribution in [0.5, 0.6) is 0 Å². The fourth-order valence-electron chi connectivity index (χ4n) is 1.84. The summed E-state index contributed by atoms with van der Waals surface area (Å²) in [7, 11) is 0. The van der Waals surface area contributed by atoms with Crippen LogP contribution in [0.2, 0.25) is 0 Å². The second-order valence-corrected chi connectivity index (χ2v) is 3.81. The molecule has 1 aromatic carbocycles. The molecule has 1 amide bonds. The van der Waals surface area contributed by atoms with Crippen LogP contribution in [-0.4, -0.2) is 12.5 Å². The van der Waals surface area contributed by atoms with Crippen molar-refractivity contribution in [3.63, 3.8) is 0 Å². The van der Waals surface area contributed by atoms with Crippen LogP contribution in [0.15, 0.2) is 41.0 Å². The third kappa shape index (κ3) is 2.23. The fourth-order valence-corrected chi connectivity index (χ4v) is 1.84. The van der Waals surface area contributed by atoms with Gasteiger partial charge in [-0.15, -0.1) is 0 Å². The molecule has 0 fully saturated rings. The number of nitrogens with one attached hydrogen (secondary N) is 1. The van der Waals surface area contributed by atoms with Crippen molar-refractivity contribution in [1.29, 1.82) is 0 Å². The van der Waals surface area contributed by atoms with Gasteiger partial charge in [0.2, 0.25) is 0 Å². The zero-order chi connectivity index (χ0) is 12.3. The molecule has 0 saturated heterocycles. The summed E-state index contributed by atoms with van der Waals surface area (Å²) in [5.41, 5.74) is 2.59. The first kappa shape index (κ1) is 11.5. The number of rotatable bonds is 3. The minimum atomic E-state index is -0.0431. The Morgan fingerprint density at radius 3 is 2.76 bits per heavy atom. The lowest BCUT2D eigenvalue weighted by Crippen LogP contribution is -2.23. The third-order valence-corrected chi connectivity index (χ3v) is 2.70. The average Bonchev–Trinajstić information content (AvgIpc) is 2.83. The molecule has 0 saturated carbocycles. The van der Waals surface area contributed by atoms with Crippen molar-refractivity contribution >= 4 is 5.91 Å². The smallest absolute Gasteiger partial charge is 0.251 e. The van der Waals surface area contributed by atoms with Crippen molar-refractivity contribution in [2.75, 3.05) is 6.54 Å². The molecular formula is C14H15NO2. The summed E-state index contributed by atoms with van der Waals surface area (Å²) < 4.78 is 5.36. The normalized spacial score (nSPS) is 10.2. The Morgan fingerprint density at radius 2 is 2.12 bits per heavy atom. The first-order valence-electron chi connectivity index (χ1n) is 5.65. The minimum Gasteiger partial charge on any atom is -0.464 e. The second-order valence-electron chi connectivity index (χ2n) is 3.81. The van der Waals surface area contributed by atoms with Crippen LogP contribution < -0.4 is 5.32 Å². The molecule has 3 nitrogen and oxygen atoms in total. The van der Waals surface area contributed by atoms with E-state index in [-0.39, 0.29) is 5.91 Å². The van der Waals surface area contributed by atoms with Crippen LogP contribution in [0.25, 0.3) is 11.3 Å². The van der Waals surface area contributed by atoms with Crippen molar-refractivity contribution < 1.29 is 9.21 Å². The number of furan rings is 1. The second kappa shape index (κ2) is 4.87. The van der Waals surface area contributed by atoms with Crippen molar-refractivity contribution in [2.45, 2.75) is 13.8 Å². The van der Waals surface area contributed by atoms with Crippen molar-refractivity contribution in [1.82, 2.24) is 5.32 Å². The van der Waals surface area contributed by atoms with Gasteiger partial charge in [-0.2, -0.15) is 0 Å². The van der Waals surface area contributed by atoms with E-state index in [0.717, 1.165) is 16.9 Å². The van der Waals surface area contributed by atoms with Crippen LogP contribution in [0.4, 0.5) is 0 Å². The first-order chi connectivity index (χ1) is 8.24. The lowest BCUT2D eigenvalue weighted by atomic mass is 10.00. The SMILES string of the molecule is CCNC(=O)c1cccc(-c2ccco2)c1C. The molecule has 0 aliphatic heterocycles. The molecule has 0 spiro atoms. The molecule has 0 atom stereocenters. The Labute approximate surface area is 100 Å². The molecule has 0 radical (unpaired) electrons. The first-order valence-corrected chi connectivity index (χ1v) is 5.65. The highest BCUT2D eigenvalue weighted by molar-refractivity contribution is 5.97. The summed E-state index contributed by atoms with van der Waals surface area (Å²) in [6.07, 6.45) is 1.63. The van der Waals surface area contributed by atoms with E-state index in [1.807, 2.05) is 44.2 Å². The minimum absolute atomic E-state index is 0.0431. The maximum absolute atomic E-state index is 11.8. The van der Waals surface area contributed by atoms with Crippen LogP contribution in [0.3, 0.4) is 0 Å². The Hall–Kier alpha value is -2.03. The van der Waals surface area contributed by atoms with Crippen molar-refractivity contribution in [3.05, 3.63) is 47.7 Å². The molecule has 3 heteroatoms.